The molecule has 1 aliphatic heterocycles. The van der Waals surface area contributed by atoms with Crippen molar-refractivity contribution in [2.75, 3.05) is 10.7 Å². The fourth-order valence-electron chi connectivity index (χ4n) is 3.15. The van der Waals surface area contributed by atoms with Crippen molar-refractivity contribution in [3.63, 3.8) is 0 Å². The van der Waals surface area contributed by atoms with E-state index in [2.05, 4.69) is 15.2 Å². The number of para-hydroxylation sites is 1. The molecule has 0 aliphatic carbocycles. The highest BCUT2D eigenvalue weighted by Gasteiger charge is 2.36. The Hall–Kier alpha value is -2.45. The van der Waals surface area contributed by atoms with Gasteiger partial charge in [-0.15, -0.1) is 21.5 Å². The zero-order valence-electron chi connectivity index (χ0n) is 15.9. The zero-order valence-corrected chi connectivity index (χ0v) is 17.5. The molecule has 0 radical (unpaired) electrons. The number of rotatable bonds is 4. The van der Waals surface area contributed by atoms with Gasteiger partial charge in [0.05, 0.1) is 10.6 Å². The predicted octanol–water partition coefficient (Wildman–Crippen LogP) is 4.85. The summed E-state index contributed by atoms with van der Waals surface area (Å²) in [7, 11) is 0. The Bertz CT molecular complexity index is 1020. The highest BCUT2D eigenvalue weighted by atomic mass is 32.2. The molecule has 1 amide bonds. The quantitative estimate of drug-likeness (QED) is 0.570. The Labute approximate surface area is 172 Å². The largest absolute Gasteiger partial charge is 0.446 e. The molecule has 1 atom stereocenters. The van der Waals surface area contributed by atoms with Crippen LogP contribution >= 0.6 is 23.1 Å². The highest BCUT2D eigenvalue weighted by Crippen LogP contribution is 2.44. The van der Waals surface area contributed by atoms with E-state index in [4.69, 9.17) is 4.74 Å². The Kier molecular flexibility index (Phi) is 5.32. The van der Waals surface area contributed by atoms with E-state index in [0.29, 0.717) is 23.2 Å². The van der Waals surface area contributed by atoms with Gasteiger partial charge in [-0.2, -0.15) is 4.98 Å². The number of benzene rings is 1. The van der Waals surface area contributed by atoms with Crippen molar-refractivity contribution in [2.24, 2.45) is 0 Å². The molecule has 1 aliphatic rings. The van der Waals surface area contributed by atoms with Gasteiger partial charge in [-0.3, -0.25) is 9.69 Å². The van der Waals surface area contributed by atoms with Crippen LogP contribution in [0.15, 0.2) is 40.9 Å². The molecule has 0 bridgehead atoms. The maximum atomic E-state index is 13.0. The lowest BCUT2D eigenvalue weighted by Gasteiger charge is -2.30. The lowest BCUT2D eigenvalue weighted by Crippen LogP contribution is -2.37. The molecule has 0 saturated heterocycles. The normalized spacial score (nSPS) is 15.4. The van der Waals surface area contributed by atoms with E-state index in [0.717, 1.165) is 27.4 Å². The van der Waals surface area contributed by atoms with E-state index in [1.807, 2.05) is 56.5 Å². The third kappa shape index (κ3) is 3.27. The van der Waals surface area contributed by atoms with Crippen LogP contribution in [0.5, 0.6) is 5.88 Å². The summed E-state index contributed by atoms with van der Waals surface area (Å²) in [6, 6.07) is 9.73. The van der Waals surface area contributed by atoms with Gasteiger partial charge in [0, 0.05) is 12.0 Å². The van der Waals surface area contributed by atoms with Crippen LogP contribution < -0.4 is 9.64 Å². The average Bonchev–Trinajstić information content (AvgIpc) is 3.07. The first-order valence-electron chi connectivity index (χ1n) is 9.13. The summed E-state index contributed by atoms with van der Waals surface area (Å²) in [5, 5.41) is 11.2. The smallest absolute Gasteiger partial charge is 0.247 e. The molecule has 0 N–H and O–H groups in total. The zero-order chi connectivity index (χ0) is 19.7. The standard InChI is InChI=1S/C20H20N4O2S2/c1-4-15(25)24-14-9-7-6-8-13(14)16-18(21-20(23-22-16)27-5-2)26-19(24)17-12(3)10-11-28-17/h6-11,19H,4-5H2,1-3H3/t19-/m1/s1. The molecule has 4 rings (SSSR count). The van der Waals surface area contributed by atoms with Crippen LogP contribution in [0.4, 0.5) is 5.69 Å². The van der Waals surface area contributed by atoms with Crippen LogP contribution in [0.2, 0.25) is 0 Å². The number of ether oxygens (including phenoxy) is 1. The summed E-state index contributed by atoms with van der Waals surface area (Å²) in [6.07, 6.45) is -0.226. The number of hydrogen-bond acceptors (Lipinski definition) is 7. The predicted molar refractivity (Wildman–Crippen MR) is 112 cm³/mol. The maximum absolute atomic E-state index is 13.0. The van der Waals surface area contributed by atoms with Gasteiger partial charge in [0.1, 0.15) is 0 Å². The first-order valence-corrected chi connectivity index (χ1v) is 11.0. The molecule has 28 heavy (non-hydrogen) atoms. The van der Waals surface area contributed by atoms with E-state index >= 15 is 0 Å². The number of aromatic nitrogens is 3. The van der Waals surface area contributed by atoms with E-state index in [1.54, 1.807) is 16.2 Å². The van der Waals surface area contributed by atoms with Crippen molar-refractivity contribution in [3.8, 4) is 17.1 Å². The number of hydrogen-bond donors (Lipinski definition) is 0. The number of carbonyl (C=O) groups is 1. The third-order valence-electron chi connectivity index (χ3n) is 4.48. The van der Waals surface area contributed by atoms with Crippen LogP contribution in [0.25, 0.3) is 11.3 Å². The number of amides is 1. The van der Waals surface area contributed by atoms with Crippen molar-refractivity contribution in [1.82, 2.24) is 15.2 Å². The number of thioether (sulfide) groups is 1. The van der Waals surface area contributed by atoms with E-state index < -0.39 is 6.23 Å². The number of carbonyl (C=O) groups excluding carboxylic acids is 1. The number of nitrogens with zero attached hydrogens (tertiary/aromatic N) is 4. The summed E-state index contributed by atoms with van der Waals surface area (Å²) in [5.74, 6) is 1.22. The van der Waals surface area contributed by atoms with Crippen molar-refractivity contribution in [2.45, 2.75) is 38.6 Å². The minimum absolute atomic E-state index is 0.0193. The van der Waals surface area contributed by atoms with Gasteiger partial charge in [-0.05, 0) is 35.8 Å². The number of fused-ring (bicyclic) bond motifs is 3. The van der Waals surface area contributed by atoms with E-state index in [1.165, 1.54) is 11.8 Å². The molecule has 1 aromatic carbocycles. The van der Waals surface area contributed by atoms with Crippen LogP contribution in [0.1, 0.15) is 36.9 Å². The SMILES string of the molecule is CCSc1nnc2c(n1)O[C@H](c1sccc1C)N(C(=O)CC)c1ccccc1-2. The molecule has 3 aromatic rings. The van der Waals surface area contributed by atoms with Gasteiger partial charge in [0.2, 0.25) is 23.2 Å². The van der Waals surface area contributed by atoms with Gasteiger partial charge in [-0.25, -0.2) is 0 Å². The molecule has 0 spiro atoms. The molecule has 3 heterocycles. The van der Waals surface area contributed by atoms with Gasteiger partial charge in [0.25, 0.3) is 0 Å². The lowest BCUT2D eigenvalue weighted by molar-refractivity contribution is -0.120. The van der Waals surface area contributed by atoms with Crippen molar-refractivity contribution >= 4 is 34.7 Å². The molecular weight excluding hydrogens is 392 g/mol. The molecule has 0 fully saturated rings. The molecule has 2 aromatic heterocycles. The summed E-state index contributed by atoms with van der Waals surface area (Å²) >= 11 is 3.08. The van der Waals surface area contributed by atoms with Gasteiger partial charge in [-0.1, -0.05) is 43.8 Å². The molecule has 8 heteroatoms. The molecule has 0 unspecified atom stereocenters. The number of aryl methyl sites for hydroxylation is 1. The first-order chi connectivity index (χ1) is 13.6. The molecular formula is C20H20N4O2S2. The second kappa shape index (κ2) is 7.89. The average molecular weight is 413 g/mol. The fourth-order valence-corrected chi connectivity index (χ4v) is 4.60. The van der Waals surface area contributed by atoms with Crippen LogP contribution in [-0.4, -0.2) is 26.8 Å². The van der Waals surface area contributed by atoms with Gasteiger partial charge < -0.3 is 4.74 Å². The van der Waals surface area contributed by atoms with Gasteiger partial charge >= 0.3 is 0 Å². The van der Waals surface area contributed by atoms with Crippen molar-refractivity contribution < 1.29 is 9.53 Å². The third-order valence-corrected chi connectivity index (χ3v) is 6.25. The Balaban J connectivity index is 1.96. The fraction of sp³-hybridized carbons (Fsp3) is 0.300. The highest BCUT2D eigenvalue weighted by molar-refractivity contribution is 7.99. The van der Waals surface area contributed by atoms with Crippen LogP contribution in [-0.2, 0) is 4.79 Å². The summed E-state index contributed by atoms with van der Waals surface area (Å²) < 4.78 is 6.38. The monoisotopic (exact) mass is 412 g/mol. The van der Waals surface area contributed by atoms with Gasteiger partial charge in [0.15, 0.2) is 5.69 Å². The molecule has 144 valence electrons. The second-order valence-corrected chi connectivity index (χ2v) is 8.43. The van der Waals surface area contributed by atoms with Crippen LogP contribution in [0, 0.1) is 6.92 Å². The summed E-state index contributed by atoms with van der Waals surface area (Å²) in [4.78, 5) is 20.3. The van der Waals surface area contributed by atoms with Crippen LogP contribution in [0.3, 0.4) is 0 Å². The lowest BCUT2D eigenvalue weighted by atomic mass is 10.1. The number of anilines is 1. The van der Waals surface area contributed by atoms with E-state index in [-0.39, 0.29) is 5.91 Å². The van der Waals surface area contributed by atoms with Crippen molar-refractivity contribution in [3.05, 3.63) is 46.2 Å². The Morgan fingerprint density at radius 3 is 2.79 bits per heavy atom. The second-order valence-electron chi connectivity index (χ2n) is 6.25. The minimum atomic E-state index is -0.592. The molecule has 6 nitrogen and oxygen atoms in total. The Morgan fingerprint density at radius 1 is 1.25 bits per heavy atom. The number of thiophene rings is 1. The summed E-state index contributed by atoms with van der Waals surface area (Å²) in [5.41, 5.74) is 3.19. The Morgan fingerprint density at radius 2 is 2.07 bits per heavy atom. The van der Waals surface area contributed by atoms with E-state index in [9.17, 15) is 4.79 Å². The maximum Gasteiger partial charge on any atom is 0.247 e. The topological polar surface area (TPSA) is 68.2 Å². The minimum Gasteiger partial charge on any atom is -0.446 e. The van der Waals surface area contributed by atoms with Crippen molar-refractivity contribution in [1.29, 1.82) is 0 Å². The molecule has 0 saturated carbocycles. The summed E-state index contributed by atoms with van der Waals surface area (Å²) in [6.45, 7) is 5.92. The first kappa shape index (κ1) is 18.9.